The number of carbonyl (C=O) groups is 1. The van der Waals surface area contributed by atoms with Crippen LogP contribution in [0.1, 0.15) is 11.1 Å². The average molecular weight is 269 g/mol. The van der Waals surface area contributed by atoms with Crippen molar-refractivity contribution in [3.8, 4) is 6.07 Å². The molecular formula is C16H12FNO2. The van der Waals surface area contributed by atoms with Crippen molar-refractivity contribution in [1.82, 2.24) is 0 Å². The Bertz CT molecular complexity index is 622. The first-order valence-electron chi connectivity index (χ1n) is 6.03. The van der Waals surface area contributed by atoms with Crippen LogP contribution in [0.25, 0.3) is 0 Å². The molecule has 100 valence electrons. The minimum atomic E-state index is -2.78. The van der Waals surface area contributed by atoms with Gasteiger partial charge in [0.25, 0.3) is 0 Å². The average Bonchev–Trinajstić information content (AvgIpc) is 2.53. The maximum absolute atomic E-state index is 14.5. The van der Waals surface area contributed by atoms with Crippen LogP contribution in [-0.2, 0) is 21.8 Å². The van der Waals surface area contributed by atoms with Crippen molar-refractivity contribution in [2.75, 3.05) is 0 Å². The number of rotatable bonds is 4. The number of hydrogen-bond acceptors (Lipinski definition) is 3. The van der Waals surface area contributed by atoms with E-state index in [1.54, 1.807) is 42.5 Å². The molecule has 0 fully saturated rings. The van der Waals surface area contributed by atoms with Gasteiger partial charge in [-0.3, -0.25) is 0 Å². The number of benzene rings is 2. The fourth-order valence-corrected chi connectivity index (χ4v) is 1.72. The molecule has 0 aliphatic carbocycles. The maximum Gasteiger partial charge on any atom is 0.364 e. The molecule has 2 rings (SSSR count). The molecule has 0 bridgehead atoms. The van der Waals surface area contributed by atoms with Gasteiger partial charge in [0.2, 0.25) is 0 Å². The Morgan fingerprint density at radius 2 is 1.65 bits per heavy atom. The van der Waals surface area contributed by atoms with E-state index in [9.17, 15) is 9.18 Å². The van der Waals surface area contributed by atoms with Gasteiger partial charge in [0.15, 0.2) is 0 Å². The summed E-state index contributed by atoms with van der Waals surface area (Å²) in [6.45, 7) is -0.0696. The Labute approximate surface area is 116 Å². The molecule has 1 atom stereocenters. The molecule has 3 nitrogen and oxygen atoms in total. The van der Waals surface area contributed by atoms with Crippen LogP contribution in [0, 0.1) is 11.3 Å². The highest BCUT2D eigenvalue weighted by Gasteiger charge is 2.42. The molecule has 0 amide bonds. The number of nitriles is 1. The van der Waals surface area contributed by atoms with Crippen LogP contribution in [0.15, 0.2) is 60.7 Å². The monoisotopic (exact) mass is 269 g/mol. The third kappa shape index (κ3) is 2.83. The minimum Gasteiger partial charge on any atom is -0.457 e. The zero-order valence-corrected chi connectivity index (χ0v) is 10.6. The second-order valence-corrected chi connectivity index (χ2v) is 4.20. The van der Waals surface area contributed by atoms with Crippen LogP contribution < -0.4 is 0 Å². The van der Waals surface area contributed by atoms with Gasteiger partial charge in [0, 0.05) is 5.56 Å². The number of ether oxygens (including phenoxy) is 1. The van der Waals surface area contributed by atoms with Gasteiger partial charge in [0.1, 0.15) is 12.7 Å². The van der Waals surface area contributed by atoms with E-state index in [-0.39, 0.29) is 12.2 Å². The fourth-order valence-electron chi connectivity index (χ4n) is 1.72. The van der Waals surface area contributed by atoms with E-state index in [0.29, 0.717) is 0 Å². The summed E-state index contributed by atoms with van der Waals surface area (Å²) in [4.78, 5) is 11.9. The molecule has 2 aromatic rings. The van der Waals surface area contributed by atoms with Gasteiger partial charge < -0.3 is 4.74 Å². The van der Waals surface area contributed by atoms with E-state index < -0.39 is 11.6 Å². The Hall–Kier alpha value is -2.67. The van der Waals surface area contributed by atoms with Crippen molar-refractivity contribution in [2.24, 2.45) is 0 Å². The van der Waals surface area contributed by atoms with Crippen molar-refractivity contribution in [1.29, 1.82) is 5.26 Å². The highest BCUT2D eigenvalue weighted by Crippen LogP contribution is 2.27. The molecule has 0 unspecified atom stereocenters. The first-order chi connectivity index (χ1) is 9.66. The molecule has 0 radical (unpaired) electrons. The molecule has 0 saturated carbocycles. The predicted molar refractivity (Wildman–Crippen MR) is 71.1 cm³/mol. The Morgan fingerprint density at radius 3 is 2.20 bits per heavy atom. The van der Waals surface area contributed by atoms with Gasteiger partial charge in [-0.25, -0.2) is 9.18 Å². The summed E-state index contributed by atoms with van der Waals surface area (Å²) in [5.74, 6) is -1.20. The van der Waals surface area contributed by atoms with Crippen LogP contribution in [0.2, 0.25) is 0 Å². The van der Waals surface area contributed by atoms with Crippen LogP contribution in [0.5, 0.6) is 0 Å². The second-order valence-electron chi connectivity index (χ2n) is 4.20. The molecule has 20 heavy (non-hydrogen) atoms. The third-order valence-corrected chi connectivity index (χ3v) is 2.82. The number of esters is 1. The van der Waals surface area contributed by atoms with Gasteiger partial charge in [-0.1, -0.05) is 60.7 Å². The molecule has 0 aromatic heterocycles. The van der Waals surface area contributed by atoms with E-state index in [1.807, 2.05) is 6.07 Å². The largest absolute Gasteiger partial charge is 0.457 e. The number of halogens is 1. The molecule has 0 saturated heterocycles. The van der Waals surface area contributed by atoms with Crippen molar-refractivity contribution in [3.05, 3.63) is 71.8 Å². The highest BCUT2D eigenvalue weighted by atomic mass is 19.1. The molecule has 0 N–H and O–H groups in total. The smallest absolute Gasteiger partial charge is 0.364 e. The molecular weight excluding hydrogens is 257 g/mol. The topological polar surface area (TPSA) is 50.1 Å². The van der Waals surface area contributed by atoms with Gasteiger partial charge in [-0.05, 0) is 5.56 Å². The van der Waals surface area contributed by atoms with Crippen molar-refractivity contribution in [3.63, 3.8) is 0 Å². The van der Waals surface area contributed by atoms with E-state index in [4.69, 9.17) is 10.00 Å². The number of alkyl halides is 1. The third-order valence-electron chi connectivity index (χ3n) is 2.82. The van der Waals surface area contributed by atoms with Crippen LogP contribution in [0.3, 0.4) is 0 Å². The first kappa shape index (κ1) is 13.8. The lowest BCUT2D eigenvalue weighted by molar-refractivity contribution is -0.156. The summed E-state index contributed by atoms with van der Waals surface area (Å²) in [6.07, 6.45) is 0. The molecule has 0 spiro atoms. The summed E-state index contributed by atoms with van der Waals surface area (Å²) in [5, 5.41) is 8.98. The first-order valence-corrected chi connectivity index (χ1v) is 6.03. The minimum absolute atomic E-state index is 0.0273. The van der Waals surface area contributed by atoms with Crippen LogP contribution in [0.4, 0.5) is 4.39 Å². The highest BCUT2D eigenvalue weighted by molar-refractivity contribution is 5.84. The maximum atomic E-state index is 14.5. The predicted octanol–water partition coefficient (Wildman–Crippen LogP) is 3.12. The lowest BCUT2D eigenvalue weighted by atomic mass is 9.97. The number of carbonyl (C=O) groups excluding carboxylic acids is 1. The lowest BCUT2D eigenvalue weighted by Gasteiger charge is -2.16. The Morgan fingerprint density at radius 1 is 1.10 bits per heavy atom. The van der Waals surface area contributed by atoms with Crippen molar-refractivity contribution < 1.29 is 13.9 Å². The summed E-state index contributed by atoms with van der Waals surface area (Å²) in [7, 11) is 0. The zero-order valence-electron chi connectivity index (χ0n) is 10.6. The standard InChI is InChI=1S/C16H12FNO2/c17-16(12-18,14-9-5-2-6-10-14)15(19)20-11-13-7-3-1-4-8-13/h1-10H,11H2/t16-/m0/s1. The van der Waals surface area contributed by atoms with E-state index >= 15 is 0 Å². The van der Waals surface area contributed by atoms with E-state index in [1.165, 1.54) is 18.2 Å². The molecule has 0 aliphatic rings. The number of nitrogens with zero attached hydrogens (tertiary/aromatic N) is 1. The normalized spacial score (nSPS) is 13.0. The van der Waals surface area contributed by atoms with E-state index in [2.05, 4.69) is 0 Å². The number of hydrogen-bond donors (Lipinski definition) is 0. The SMILES string of the molecule is N#C[C@@](F)(C(=O)OCc1ccccc1)c1ccccc1. The Kier molecular flexibility index (Phi) is 4.11. The molecule has 2 aromatic carbocycles. The quantitative estimate of drug-likeness (QED) is 0.801. The molecule has 0 heterocycles. The van der Waals surface area contributed by atoms with Crippen molar-refractivity contribution in [2.45, 2.75) is 12.3 Å². The summed E-state index contributed by atoms with van der Waals surface area (Å²) < 4.78 is 19.4. The molecule has 4 heteroatoms. The van der Waals surface area contributed by atoms with Gasteiger partial charge in [-0.15, -0.1) is 0 Å². The summed E-state index contributed by atoms with van der Waals surface area (Å²) >= 11 is 0. The van der Waals surface area contributed by atoms with Crippen LogP contribution >= 0.6 is 0 Å². The Balaban J connectivity index is 2.12. The summed E-state index contributed by atoms with van der Waals surface area (Å²) in [6, 6.07) is 17.9. The second kappa shape index (κ2) is 5.98. The zero-order chi connectivity index (χ0) is 14.4. The summed E-state index contributed by atoms with van der Waals surface area (Å²) in [5.41, 5.74) is -2.08. The van der Waals surface area contributed by atoms with Crippen molar-refractivity contribution >= 4 is 5.97 Å². The van der Waals surface area contributed by atoms with Gasteiger partial charge in [0.05, 0.1) is 0 Å². The van der Waals surface area contributed by atoms with Gasteiger partial charge in [-0.2, -0.15) is 5.26 Å². The van der Waals surface area contributed by atoms with E-state index in [0.717, 1.165) is 5.56 Å². The molecule has 0 aliphatic heterocycles. The van der Waals surface area contributed by atoms with Crippen LogP contribution in [-0.4, -0.2) is 5.97 Å². The lowest BCUT2D eigenvalue weighted by Crippen LogP contribution is -2.31. The fraction of sp³-hybridized carbons (Fsp3) is 0.125. The van der Waals surface area contributed by atoms with Gasteiger partial charge >= 0.3 is 11.6 Å².